The van der Waals surface area contributed by atoms with Gasteiger partial charge in [-0.25, -0.2) is 9.78 Å². The van der Waals surface area contributed by atoms with E-state index in [4.69, 9.17) is 8.83 Å². The molecular weight excluding hydrogens is 368 g/mol. The lowest BCUT2D eigenvalue weighted by molar-refractivity contribution is 0.187. The highest BCUT2D eigenvalue weighted by molar-refractivity contribution is 5.84. The Kier molecular flexibility index (Phi) is 4.36. The molecular formula is C23H22N2O4. The lowest BCUT2D eigenvalue weighted by Crippen LogP contribution is -2.34. The third-order valence-electron chi connectivity index (χ3n) is 5.78. The number of oxazole rings is 1. The maximum Gasteiger partial charge on any atom is 0.336 e. The number of rotatable bonds is 3. The quantitative estimate of drug-likeness (QED) is 0.525. The minimum atomic E-state index is -0.395. The van der Waals surface area contributed by atoms with E-state index in [1.807, 2.05) is 30.3 Å². The van der Waals surface area contributed by atoms with Crippen LogP contribution < -0.4 is 5.63 Å². The summed E-state index contributed by atoms with van der Waals surface area (Å²) in [6, 6.07) is 12.9. The summed E-state index contributed by atoms with van der Waals surface area (Å²) in [6.07, 6.45) is 2.08. The van der Waals surface area contributed by atoms with Gasteiger partial charge in [0.25, 0.3) is 0 Å². The number of nitrogens with zero attached hydrogens (tertiary/aromatic N) is 2. The van der Waals surface area contributed by atoms with Crippen LogP contribution in [0.5, 0.6) is 5.75 Å². The number of aryl methyl sites for hydroxylation is 1. The highest BCUT2D eigenvalue weighted by atomic mass is 16.4. The van der Waals surface area contributed by atoms with Gasteiger partial charge in [-0.15, -0.1) is 0 Å². The molecule has 29 heavy (non-hydrogen) atoms. The summed E-state index contributed by atoms with van der Waals surface area (Å²) in [5.74, 6) is 1.15. The van der Waals surface area contributed by atoms with Crippen LogP contribution in [0.3, 0.4) is 0 Å². The molecule has 1 saturated heterocycles. The van der Waals surface area contributed by atoms with Gasteiger partial charge in [-0.05, 0) is 56.1 Å². The Balaban J connectivity index is 1.43. The third-order valence-corrected chi connectivity index (χ3v) is 5.78. The number of para-hydroxylation sites is 2. The molecule has 3 heterocycles. The van der Waals surface area contributed by atoms with Crippen molar-refractivity contribution in [2.75, 3.05) is 13.1 Å². The maximum absolute atomic E-state index is 12.1. The lowest BCUT2D eigenvalue weighted by Gasteiger charge is -2.31. The second-order valence-electron chi connectivity index (χ2n) is 7.77. The molecule has 0 bridgehead atoms. The standard InChI is InChI=1S/C23H22N2O4/c1-14-19(26)9-8-17-16(11-21(27)29-22(14)17)13-25-10-4-5-15(12-25)23-24-18-6-2-3-7-20(18)28-23/h2-3,6-9,11,15,26H,4-5,10,12-13H2,1H3. The van der Waals surface area contributed by atoms with Crippen molar-refractivity contribution in [3.05, 3.63) is 69.9 Å². The minimum absolute atomic E-state index is 0.131. The zero-order valence-electron chi connectivity index (χ0n) is 16.2. The second kappa shape index (κ2) is 7.04. The van der Waals surface area contributed by atoms with Crippen molar-refractivity contribution in [3.8, 4) is 5.75 Å². The van der Waals surface area contributed by atoms with E-state index < -0.39 is 5.63 Å². The van der Waals surface area contributed by atoms with E-state index in [1.54, 1.807) is 19.1 Å². The number of phenolic OH excluding ortho intramolecular Hbond substituents is 1. The average molecular weight is 390 g/mol. The van der Waals surface area contributed by atoms with Crippen LogP contribution in [0.15, 0.2) is 56.1 Å². The molecule has 1 atom stereocenters. The number of likely N-dealkylation sites (tertiary alicyclic amines) is 1. The number of aromatic hydroxyl groups is 1. The zero-order chi connectivity index (χ0) is 20.0. The molecule has 0 amide bonds. The molecule has 6 nitrogen and oxygen atoms in total. The van der Waals surface area contributed by atoms with Crippen LogP contribution in [-0.4, -0.2) is 28.1 Å². The summed E-state index contributed by atoms with van der Waals surface area (Å²) in [7, 11) is 0. The van der Waals surface area contributed by atoms with E-state index in [0.29, 0.717) is 17.7 Å². The van der Waals surface area contributed by atoms with Crippen molar-refractivity contribution in [1.29, 1.82) is 0 Å². The summed E-state index contributed by atoms with van der Waals surface area (Å²) in [5, 5.41) is 10.8. The molecule has 0 aliphatic carbocycles. The summed E-state index contributed by atoms with van der Waals surface area (Å²) in [4.78, 5) is 19.1. The van der Waals surface area contributed by atoms with Gasteiger partial charge in [0.05, 0.1) is 0 Å². The van der Waals surface area contributed by atoms with Crippen molar-refractivity contribution >= 4 is 22.1 Å². The smallest absolute Gasteiger partial charge is 0.336 e. The molecule has 0 spiro atoms. The van der Waals surface area contributed by atoms with Crippen LogP contribution in [-0.2, 0) is 6.54 Å². The van der Waals surface area contributed by atoms with Gasteiger partial charge in [0, 0.05) is 36.0 Å². The van der Waals surface area contributed by atoms with E-state index >= 15 is 0 Å². The number of benzene rings is 2. The molecule has 1 N–H and O–H groups in total. The number of fused-ring (bicyclic) bond motifs is 2. The fraction of sp³-hybridized carbons (Fsp3) is 0.304. The summed E-state index contributed by atoms with van der Waals surface area (Å²) < 4.78 is 11.4. The highest BCUT2D eigenvalue weighted by Gasteiger charge is 2.26. The first-order valence-electron chi connectivity index (χ1n) is 9.91. The predicted molar refractivity (Wildman–Crippen MR) is 110 cm³/mol. The van der Waals surface area contributed by atoms with Gasteiger partial charge in [0.2, 0.25) is 0 Å². The second-order valence-corrected chi connectivity index (χ2v) is 7.77. The van der Waals surface area contributed by atoms with E-state index in [0.717, 1.165) is 53.9 Å². The van der Waals surface area contributed by atoms with Crippen molar-refractivity contribution < 1.29 is 13.9 Å². The Labute approximate surface area is 167 Å². The maximum atomic E-state index is 12.1. The van der Waals surface area contributed by atoms with Gasteiger partial charge >= 0.3 is 5.63 Å². The van der Waals surface area contributed by atoms with Crippen LogP contribution in [0.25, 0.3) is 22.1 Å². The molecule has 2 aromatic heterocycles. The third kappa shape index (κ3) is 3.29. The molecule has 5 rings (SSSR count). The number of hydrogen-bond donors (Lipinski definition) is 1. The van der Waals surface area contributed by atoms with Crippen molar-refractivity contribution in [2.24, 2.45) is 0 Å². The largest absolute Gasteiger partial charge is 0.508 e. The van der Waals surface area contributed by atoms with Gasteiger partial charge < -0.3 is 13.9 Å². The summed E-state index contributed by atoms with van der Waals surface area (Å²) >= 11 is 0. The topological polar surface area (TPSA) is 79.7 Å². The van der Waals surface area contributed by atoms with E-state index in [1.165, 1.54) is 0 Å². The van der Waals surface area contributed by atoms with Crippen LogP contribution in [0.4, 0.5) is 0 Å². The number of piperidine rings is 1. The van der Waals surface area contributed by atoms with Gasteiger partial charge in [0.15, 0.2) is 11.5 Å². The fourth-order valence-corrected chi connectivity index (χ4v) is 4.25. The van der Waals surface area contributed by atoms with Gasteiger partial charge in [-0.1, -0.05) is 12.1 Å². The molecule has 4 aromatic rings. The molecule has 0 radical (unpaired) electrons. The molecule has 2 aromatic carbocycles. The normalized spacial score (nSPS) is 17.9. The SMILES string of the molecule is Cc1c(O)ccc2c(CN3CCCC(c4nc5ccccc5o4)C3)cc(=O)oc12. The highest BCUT2D eigenvalue weighted by Crippen LogP contribution is 2.31. The fourth-order valence-electron chi connectivity index (χ4n) is 4.25. The van der Waals surface area contributed by atoms with Gasteiger partial charge in [-0.2, -0.15) is 0 Å². The summed E-state index contributed by atoms with van der Waals surface area (Å²) in [5.41, 5.74) is 3.28. The molecule has 1 aliphatic rings. The Morgan fingerprint density at radius 1 is 1.21 bits per heavy atom. The Hall–Kier alpha value is -3.12. The monoisotopic (exact) mass is 390 g/mol. The Morgan fingerprint density at radius 3 is 2.93 bits per heavy atom. The molecule has 148 valence electrons. The van der Waals surface area contributed by atoms with Crippen LogP contribution >= 0.6 is 0 Å². The first-order valence-corrected chi connectivity index (χ1v) is 9.91. The Morgan fingerprint density at radius 2 is 2.07 bits per heavy atom. The van der Waals surface area contributed by atoms with Crippen molar-refractivity contribution in [3.63, 3.8) is 0 Å². The predicted octanol–water partition coefficient (Wildman–Crippen LogP) is 4.33. The molecule has 1 aliphatic heterocycles. The molecule has 1 fully saturated rings. The van der Waals surface area contributed by atoms with Crippen molar-refractivity contribution in [2.45, 2.75) is 32.2 Å². The van der Waals surface area contributed by atoms with Crippen molar-refractivity contribution in [1.82, 2.24) is 9.88 Å². The van der Waals surface area contributed by atoms with Crippen LogP contribution in [0.1, 0.15) is 35.8 Å². The Bertz CT molecular complexity index is 1220. The molecule has 6 heteroatoms. The van der Waals surface area contributed by atoms with Crippen LogP contribution in [0, 0.1) is 6.92 Å². The van der Waals surface area contributed by atoms with Gasteiger partial charge in [-0.3, -0.25) is 4.90 Å². The first kappa shape index (κ1) is 17.9. The summed E-state index contributed by atoms with van der Waals surface area (Å²) in [6.45, 7) is 4.18. The average Bonchev–Trinajstić information content (AvgIpc) is 3.16. The molecule has 0 saturated carbocycles. The van der Waals surface area contributed by atoms with E-state index in [2.05, 4.69) is 9.88 Å². The lowest BCUT2D eigenvalue weighted by atomic mass is 9.97. The minimum Gasteiger partial charge on any atom is -0.508 e. The molecule has 1 unspecified atom stereocenters. The zero-order valence-corrected chi connectivity index (χ0v) is 16.2. The number of phenols is 1. The number of aromatic nitrogens is 1. The van der Waals surface area contributed by atoms with E-state index in [-0.39, 0.29) is 11.7 Å². The van der Waals surface area contributed by atoms with E-state index in [9.17, 15) is 9.90 Å². The first-order chi connectivity index (χ1) is 14.1. The van der Waals surface area contributed by atoms with Gasteiger partial charge in [0.1, 0.15) is 16.8 Å². The number of hydrogen-bond acceptors (Lipinski definition) is 6. The van der Waals surface area contributed by atoms with Crippen LogP contribution in [0.2, 0.25) is 0 Å².